The summed E-state index contributed by atoms with van der Waals surface area (Å²) in [5.41, 5.74) is 2.04. The third kappa shape index (κ3) is 5.19. The van der Waals surface area contributed by atoms with E-state index in [1.165, 1.54) is 10.5 Å². The molecule has 1 saturated heterocycles. The number of imide groups is 1. The van der Waals surface area contributed by atoms with Gasteiger partial charge in [-0.2, -0.15) is 0 Å². The summed E-state index contributed by atoms with van der Waals surface area (Å²) < 4.78 is 5.19. The van der Waals surface area contributed by atoms with Gasteiger partial charge in [-0.15, -0.1) is 11.6 Å². The maximum absolute atomic E-state index is 13.1. The summed E-state index contributed by atoms with van der Waals surface area (Å²) in [6.45, 7) is 2.84. The molecule has 0 N–H and O–H groups in total. The number of hydrogen-bond acceptors (Lipinski definition) is 3. The van der Waals surface area contributed by atoms with Gasteiger partial charge in [0.15, 0.2) is 0 Å². The van der Waals surface area contributed by atoms with Crippen molar-refractivity contribution in [3.05, 3.63) is 52.6 Å². The van der Waals surface area contributed by atoms with E-state index in [4.69, 9.17) is 27.9 Å². The molecule has 0 aromatic heterocycles. The van der Waals surface area contributed by atoms with Crippen LogP contribution in [0.2, 0.25) is 0 Å². The molecule has 0 spiro atoms. The van der Waals surface area contributed by atoms with Gasteiger partial charge in [0.2, 0.25) is 0 Å². The van der Waals surface area contributed by atoms with E-state index in [9.17, 15) is 9.59 Å². The van der Waals surface area contributed by atoms with Crippen LogP contribution < -0.4 is 4.74 Å². The predicted molar refractivity (Wildman–Crippen MR) is 120 cm³/mol. The van der Waals surface area contributed by atoms with Gasteiger partial charge in [-0.25, -0.2) is 4.79 Å². The number of amides is 3. The molecule has 0 radical (unpaired) electrons. The van der Waals surface area contributed by atoms with E-state index in [0.717, 1.165) is 30.6 Å². The summed E-state index contributed by atoms with van der Waals surface area (Å²) in [7, 11) is 1.65. The molecule has 1 aromatic rings. The Morgan fingerprint density at radius 2 is 1.93 bits per heavy atom. The number of allylic oxidation sites excluding steroid dienone is 2. The van der Waals surface area contributed by atoms with Gasteiger partial charge < -0.3 is 9.64 Å². The van der Waals surface area contributed by atoms with Crippen molar-refractivity contribution < 1.29 is 14.3 Å². The van der Waals surface area contributed by atoms with E-state index in [1.54, 1.807) is 18.1 Å². The van der Waals surface area contributed by atoms with E-state index in [1.807, 2.05) is 37.3 Å². The van der Waals surface area contributed by atoms with Crippen LogP contribution >= 0.6 is 23.2 Å². The molecular weight excluding hydrogens is 423 g/mol. The minimum atomic E-state index is -0.403. The lowest BCUT2D eigenvalue weighted by atomic mass is 10.0. The molecule has 0 saturated carbocycles. The Balaban J connectivity index is 1.64. The molecular formula is C23H28Cl2N2O3. The number of rotatable bonds is 9. The first-order valence-electron chi connectivity index (χ1n) is 10.4. The van der Waals surface area contributed by atoms with Gasteiger partial charge in [0.05, 0.1) is 19.0 Å². The van der Waals surface area contributed by atoms with E-state index < -0.39 is 6.04 Å². The van der Waals surface area contributed by atoms with Gasteiger partial charge in [-0.05, 0) is 61.4 Å². The number of ether oxygens (including phenoxy) is 1. The first kappa shape index (κ1) is 22.7. The minimum absolute atomic E-state index is 0.124. The van der Waals surface area contributed by atoms with E-state index in [-0.39, 0.29) is 23.9 Å². The number of alkyl halides is 1. The van der Waals surface area contributed by atoms with Crippen molar-refractivity contribution in [2.45, 2.75) is 50.4 Å². The quantitative estimate of drug-likeness (QED) is 0.387. The monoisotopic (exact) mass is 450 g/mol. The maximum Gasteiger partial charge on any atom is 0.327 e. The molecule has 7 heteroatoms. The fourth-order valence-corrected chi connectivity index (χ4v) is 4.27. The lowest BCUT2D eigenvalue weighted by Gasteiger charge is -2.21. The van der Waals surface area contributed by atoms with Gasteiger partial charge in [-0.1, -0.05) is 36.7 Å². The predicted octanol–water partition coefficient (Wildman–Crippen LogP) is 5.12. The molecule has 2 aliphatic rings. The van der Waals surface area contributed by atoms with Crippen LogP contribution in [-0.4, -0.2) is 53.4 Å². The Morgan fingerprint density at radius 3 is 2.57 bits per heavy atom. The Morgan fingerprint density at radius 1 is 1.20 bits per heavy atom. The third-order valence-electron chi connectivity index (χ3n) is 5.52. The third-order valence-corrected chi connectivity index (χ3v) is 6.42. The number of carbonyl (C=O) groups excluding carboxylic acids is 2. The SMILES string of the molecule is CCCN1C(=O)N(CC2=CCC(Cl)C(Cl)=C2)C(=O)C1CCCc1ccc(OC)cc1. The standard InChI is InChI=1S/C23H28Cl2N2O3/c1-3-13-26-21(6-4-5-16-7-10-18(30-2)11-8-16)22(28)27(23(26)29)15-17-9-12-19(24)20(25)14-17/h7-11,14,19,21H,3-6,12-13,15H2,1-2H3. The van der Waals surface area contributed by atoms with Crippen molar-refractivity contribution in [3.8, 4) is 5.75 Å². The highest BCUT2D eigenvalue weighted by Gasteiger charge is 2.44. The molecule has 5 nitrogen and oxygen atoms in total. The number of carbonyl (C=O) groups is 2. The molecule has 162 valence electrons. The summed E-state index contributed by atoms with van der Waals surface area (Å²) in [6, 6.07) is 7.33. The molecule has 3 amide bonds. The second-order valence-corrected chi connectivity index (χ2v) is 8.63. The highest BCUT2D eigenvalue weighted by atomic mass is 35.5. The van der Waals surface area contributed by atoms with Gasteiger partial charge in [0.25, 0.3) is 5.91 Å². The second-order valence-electron chi connectivity index (χ2n) is 7.67. The molecule has 2 atom stereocenters. The van der Waals surface area contributed by atoms with Crippen LogP contribution in [-0.2, 0) is 11.2 Å². The lowest BCUT2D eigenvalue weighted by Crippen LogP contribution is -2.36. The minimum Gasteiger partial charge on any atom is -0.497 e. The van der Waals surface area contributed by atoms with Crippen molar-refractivity contribution in [2.75, 3.05) is 20.2 Å². The van der Waals surface area contributed by atoms with E-state index in [2.05, 4.69) is 0 Å². The van der Waals surface area contributed by atoms with Crippen molar-refractivity contribution >= 4 is 35.1 Å². The molecule has 30 heavy (non-hydrogen) atoms. The van der Waals surface area contributed by atoms with Gasteiger partial charge in [0.1, 0.15) is 11.8 Å². The lowest BCUT2D eigenvalue weighted by molar-refractivity contribution is -0.128. The average Bonchev–Trinajstić information content (AvgIpc) is 2.96. The van der Waals surface area contributed by atoms with Crippen molar-refractivity contribution in [3.63, 3.8) is 0 Å². The van der Waals surface area contributed by atoms with Crippen LogP contribution in [0.25, 0.3) is 0 Å². The first-order valence-corrected chi connectivity index (χ1v) is 11.2. The van der Waals surface area contributed by atoms with Gasteiger partial charge in [-0.3, -0.25) is 9.69 Å². The Bertz CT molecular complexity index is 835. The molecule has 1 heterocycles. The summed E-state index contributed by atoms with van der Waals surface area (Å²) >= 11 is 12.3. The summed E-state index contributed by atoms with van der Waals surface area (Å²) in [5.74, 6) is 0.702. The summed E-state index contributed by atoms with van der Waals surface area (Å²) in [5, 5.41) is 0.317. The van der Waals surface area contributed by atoms with Crippen molar-refractivity contribution in [1.29, 1.82) is 0 Å². The highest BCUT2D eigenvalue weighted by Crippen LogP contribution is 2.29. The Labute approximate surface area is 188 Å². The topological polar surface area (TPSA) is 49.9 Å². The van der Waals surface area contributed by atoms with Crippen LogP contribution in [0.4, 0.5) is 4.79 Å². The molecule has 1 aromatic carbocycles. The zero-order valence-electron chi connectivity index (χ0n) is 17.4. The maximum atomic E-state index is 13.1. The number of urea groups is 1. The largest absolute Gasteiger partial charge is 0.497 e. The fraction of sp³-hybridized carbons (Fsp3) is 0.478. The van der Waals surface area contributed by atoms with Crippen molar-refractivity contribution in [2.24, 2.45) is 0 Å². The molecule has 0 bridgehead atoms. The fourth-order valence-electron chi connectivity index (χ4n) is 3.89. The number of benzene rings is 1. The summed E-state index contributed by atoms with van der Waals surface area (Å²) in [4.78, 5) is 29.1. The number of aryl methyl sites for hydroxylation is 1. The zero-order chi connectivity index (χ0) is 21.7. The van der Waals surface area contributed by atoms with Crippen LogP contribution in [0.15, 0.2) is 47.0 Å². The molecule has 2 unspecified atom stereocenters. The molecule has 3 rings (SSSR count). The van der Waals surface area contributed by atoms with Crippen LogP contribution in [0.5, 0.6) is 5.75 Å². The van der Waals surface area contributed by atoms with Crippen LogP contribution in [0, 0.1) is 0 Å². The number of nitrogens with zero attached hydrogens (tertiary/aromatic N) is 2. The number of halogens is 2. The number of hydrogen-bond donors (Lipinski definition) is 0. The molecule has 1 aliphatic carbocycles. The zero-order valence-corrected chi connectivity index (χ0v) is 19.0. The van der Waals surface area contributed by atoms with Crippen molar-refractivity contribution in [1.82, 2.24) is 9.80 Å². The molecule has 1 fully saturated rings. The Kier molecular flexibility index (Phi) is 7.84. The summed E-state index contributed by atoms with van der Waals surface area (Å²) in [6.07, 6.45) is 7.45. The second kappa shape index (κ2) is 10.4. The highest BCUT2D eigenvalue weighted by molar-refractivity contribution is 6.37. The Hall–Kier alpha value is -1.98. The smallest absolute Gasteiger partial charge is 0.327 e. The van der Waals surface area contributed by atoms with Crippen LogP contribution in [0.1, 0.15) is 38.2 Å². The average molecular weight is 451 g/mol. The van der Waals surface area contributed by atoms with Crippen LogP contribution in [0.3, 0.4) is 0 Å². The molecule has 1 aliphatic heterocycles. The normalized spacial score (nSPS) is 21.7. The first-order chi connectivity index (χ1) is 14.4. The van der Waals surface area contributed by atoms with E-state index in [0.29, 0.717) is 24.4 Å². The van der Waals surface area contributed by atoms with E-state index >= 15 is 0 Å². The number of methoxy groups -OCH3 is 1. The van der Waals surface area contributed by atoms with Gasteiger partial charge in [0, 0.05) is 11.6 Å². The van der Waals surface area contributed by atoms with Gasteiger partial charge >= 0.3 is 6.03 Å².